The third kappa shape index (κ3) is 4.37. The molecule has 0 spiro atoms. The molecule has 4 heteroatoms. The Balaban J connectivity index is 1.55. The van der Waals surface area contributed by atoms with Crippen molar-refractivity contribution in [2.45, 2.75) is 69.5 Å². The Morgan fingerprint density at radius 1 is 1.12 bits per heavy atom. The Kier molecular flexibility index (Phi) is 5.90. The molecule has 1 unspecified atom stereocenters. The Labute approximate surface area is 145 Å². The van der Waals surface area contributed by atoms with Crippen LogP contribution in [0.2, 0.25) is 0 Å². The molecule has 132 valence electrons. The minimum absolute atomic E-state index is 0.0624. The van der Waals surface area contributed by atoms with E-state index in [1.54, 1.807) is 0 Å². The SMILES string of the molecule is NC1(C(=O)NCC2CCCCN2Cc2ccccc2)CCCCC1. The summed E-state index contributed by atoms with van der Waals surface area (Å²) in [6.07, 6.45) is 8.68. The number of likely N-dealkylation sites (tertiary alicyclic amines) is 1. The smallest absolute Gasteiger partial charge is 0.240 e. The highest BCUT2D eigenvalue weighted by Gasteiger charge is 2.35. The van der Waals surface area contributed by atoms with Gasteiger partial charge in [-0.1, -0.05) is 56.0 Å². The van der Waals surface area contributed by atoms with Gasteiger partial charge in [-0.05, 0) is 37.8 Å². The van der Waals surface area contributed by atoms with Crippen LogP contribution in [0.1, 0.15) is 56.9 Å². The summed E-state index contributed by atoms with van der Waals surface area (Å²) in [5.74, 6) is 0.0624. The summed E-state index contributed by atoms with van der Waals surface area (Å²) in [6.45, 7) is 2.81. The molecule has 2 fully saturated rings. The third-order valence-electron chi connectivity index (χ3n) is 5.67. The Morgan fingerprint density at radius 3 is 2.62 bits per heavy atom. The fourth-order valence-electron chi connectivity index (χ4n) is 4.11. The number of rotatable bonds is 5. The van der Waals surface area contributed by atoms with E-state index in [4.69, 9.17) is 5.73 Å². The third-order valence-corrected chi connectivity index (χ3v) is 5.67. The molecule has 3 N–H and O–H groups in total. The van der Waals surface area contributed by atoms with E-state index in [0.717, 1.165) is 51.7 Å². The average Bonchev–Trinajstić information content (AvgIpc) is 2.62. The van der Waals surface area contributed by atoms with Crippen molar-refractivity contribution in [3.05, 3.63) is 35.9 Å². The summed E-state index contributed by atoms with van der Waals surface area (Å²) in [6, 6.07) is 11.0. The van der Waals surface area contributed by atoms with Gasteiger partial charge in [0.1, 0.15) is 0 Å². The number of hydrogen-bond acceptors (Lipinski definition) is 3. The number of nitrogens with one attached hydrogen (secondary N) is 1. The second-order valence-electron chi connectivity index (χ2n) is 7.53. The Bertz CT molecular complexity index is 525. The molecule has 1 heterocycles. The molecule has 4 nitrogen and oxygen atoms in total. The van der Waals surface area contributed by atoms with Crippen LogP contribution in [0.3, 0.4) is 0 Å². The highest BCUT2D eigenvalue weighted by molar-refractivity contribution is 5.86. The van der Waals surface area contributed by atoms with Gasteiger partial charge in [-0.15, -0.1) is 0 Å². The van der Waals surface area contributed by atoms with Gasteiger partial charge in [0.05, 0.1) is 5.54 Å². The Hall–Kier alpha value is -1.39. The van der Waals surface area contributed by atoms with Gasteiger partial charge in [0, 0.05) is 19.1 Å². The summed E-state index contributed by atoms with van der Waals surface area (Å²) >= 11 is 0. The minimum Gasteiger partial charge on any atom is -0.353 e. The lowest BCUT2D eigenvalue weighted by molar-refractivity contribution is -0.127. The van der Waals surface area contributed by atoms with E-state index in [2.05, 4.69) is 40.5 Å². The molecule has 0 radical (unpaired) electrons. The first-order valence-electron chi connectivity index (χ1n) is 9.52. The van der Waals surface area contributed by atoms with Crippen LogP contribution >= 0.6 is 0 Å². The highest BCUT2D eigenvalue weighted by atomic mass is 16.2. The van der Waals surface area contributed by atoms with Crippen LogP contribution in [0.5, 0.6) is 0 Å². The number of amides is 1. The molecule has 24 heavy (non-hydrogen) atoms. The summed E-state index contributed by atoms with van der Waals surface area (Å²) in [5.41, 5.74) is 7.07. The zero-order valence-electron chi connectivity index (χ0n) is 14.7. The summed E-state index contributed by atoms with van der Waals surface area (Å²) in [5, 5.41) is 3.17. The summed E-state index contributed by atoms with van der Waals surface area (Å²) in [4.78, 5) is 15.1. The van der Waals surface area contributed by atoms with E-state index in [1.165, 1.54) is 24.8 Å². The number of benzene rings is 1. The van der Waals surface area contributed by atoms with Crippen LogP contribution in [0.25, 0.3) is 0 Å². The first kappa shape index (κ1) is 17.4. The lowest BCUT2D eigenvalue weighted by Gasteiger charge is -2.37. The largest absolute Gasteiger partial charge is 0.353 e. The van der Waals surface area contributed by atoms with E-state index in [9.17, 15) is 4.79 Å². The lowest BCUT2D eigenvalue weighted by atomic mass is 9.82. The van der Waals surface area contributed by atoms with Crippen molar-refractivity contribution in [3.63, 3.8) is 0 Å². The van der Waals surface area contributed by atoms with Crippen molar-refractivity contribution >= 4 is 5.91 Å². The average molecular weight is 329 g/mol. The molecule has 1 saturated carbocycles. The topological polar surface area (TPSA) is 58.4 Å². The number of nitrogens with two attached hydrogens (primary N) is 1. The molecule has 1 aromatic carbocycles. The van der Waals surface area contributed by atoms with Gasteiger partial charge < -0.3 is 11.1 Å². The first-order valence-corrected chi connectivity index (χ1v) is 9.52. The quantitative estimate of drug-likeness (QED) is 0.873. The van der Waals surface area contributed by atoms with Crippen LogP contribution in [-0.2, 0) is 11.3 Å². The van der Waals surface area contributed by atoms with Crippen molar-refractivity contribution in [1.29, 1.82) is 0 Å². The maximum Gasteiger partial charge on any atom is 0.240 e. The van der Waals surface area contributed by atoms with Gasteiger partial charge >= 0.3 is 0 Å². The van der Waals surface area contributed by atoms with Crippen LogP contribution in [0.4, 0.5) is 0 Å². The van der Waals surface area contributed by atoms with Gasteiger partial charge in [-0.2, -0.15) is 0 Å². The van der Waals surface area contributed by atoms with Crippen LogP contribution in [0.15, 0.2) is 30.3 Å². The van der Waals surface area contributed by atoms with Gasteiger partial charge in [-0.25, -0.2) is 0 Å². The lowest BCUT2D eigenvalue weighted by Crippen LogP contribution is -2.57. The number of piperidine rings is 1. The molecule has 1 aliphatic carbocycles. The molecule has 1 amide bonds. The molecule has 3 rings (SSSR count). The minimum atomic E-state index is -0.628. The molecule has 1 saturated heterocycles. The number of carbonyl (C=O) groups excluding carboxylic acids is 1. The van der Waals surface area contributed by atoms with Crippen molar-refractivity contribution in [2.75, 3.05) is 13.1 Å². The van der Waals surface area contributed by atoms with Crippen molar-refractivity contribution in [3.8, 4) is 0 Å². The van der Waals surface area contributed by atoms with E-state index in [1.807, 2.05) is 0 Å². The molecule has 2 aliphatic rings. The number of nitrogens with zero attached hydrogens (tertiary/aromatic N) is 1. The zero-order valence-corrected chi connectivity index (χ0v) is 14.7. The van der Waals surface area contributed by atoms with Gasteiger partial charge in [0.25, 0.3) is 0 Å². The zero-order chi connectivity index (χ0) is 16.8. The molecular formula is C20H31N3O. The number of carbonyl (C=O) groups is 1. The first-order chi connectivity index (χ1) is 11.7. The normalized spacial score (nSPS) is 24.5. The van der Waals surface area contributed by atoms with Crippen molar-refractivity contribution in [2.24, 2.45) is 5.73 Å². The van der Waals surface area contributed by atoms with Gasteiger partial charge in [0.2, 0.25) is 5.91 Å². The standard InChI is InChI=1S/C20H31N3O/c21-20(12-6-2-7-13-20)19(24)22-15-18-11-5-8-14-23(18)16-17-9-3-1-4-10-17/h1,3-4,9-10,18H,2,5-8,11-16,21H2,(H,22,24). The highest BCUT2D eigenvalue weighted by Crippen LogP contribution is 2.26. The van der Waals surface area contributed by atoms with E-state index in [0.29, 0.717) is 6.04 Å². The predicted octanol–water partition coefficient (Wildman–Crippen LogP) is 2.82. The maximum absolute atomic E-state index is 12.6. The summed E-state index contributed by atoms with van der Waals surface area (Å²) < 4.78 is 0. The molecule has 1 aliphatic heterocycles. The summed E-state index contributed by atoms with van der Waals surface area (Å²) in [7, 11) is 0. The Morgan fingerprint density at radius 2 is 1.88 bits per heavy atom. The van der Waals surface area contributed by atoms with Crippen molar-refractivity contribution < 1.29 is 4.79 Å². The number of hydrogen-bond donors (Lipinski definition) is 2. The van der Waals surface area contributed by atoms with E-state index < -0.39 is 5.54 Å². The van der Waals surface area contributed by atoms with E-state index in [-0.39, 0.29) is 5.91 Å². The van der Waals surface area contributed by atoms with Crippen molar-refractivity contribution in [1.82, 2.24) is 10.2 Å². The molecule has 1 aromatic rings. The van der Waals surface area contributed by atoms with Crippen LogP contribution in [-0.4, -0.2) is 35.5 Å². The van der Waals surface area contributed by atoms with E-state index >= 15 is 0 Å². The predicted molar refractivity (Wildman–Crippen MR) is 97.5 cm³/mol. The fourth-order valence-corrected chi connectivity index (χ4v) is 4.11. The maximum atomic E-state index is 12.6. The van der Waals surface area contributed by atoms with Gasteiger partial charge in [0.15, 0.2) is 0 Å². The van der Waals surface area contributed by atoms with Gasteiger partial charge in [-0.3, -0.25) is 9.69 Å². The van der Waals surface area contributed by atoms with Crippen LogP contribution in [0, 0.1) is 0 Å². The molecule has 0 bridgehead atoms. The molecular weight excluding hydrogens is 298 g/mol. The molecule has 0 aromatic heterocycles. The monoisotopic (exact) mass is 329 g/mol. The molecule has 1 atom stereocenters. The van der Waals surface area contributed by atoms with Crippen LogP contribution < -0.4 is 11.1 Å². The second-order valence-corrected chi connectivity index (χ2v) is 7.53. The fraction of sp³-hybridized carbons (Fsp3) is 0.650. The second kappa shape index (κ2) is 8.13.